The van der Waals surface area contributed by atoms with Crippen LogP contribution in [-0.2, 0) is 24.3 Å². The second-order valence-corrected chi connectivity index (χ2v) is 16.3. The molecule has 206 valence electrons. The Bertz CT molecular complexity index is 1290. The summed E-state index contributed by atoms with van der Waals surface area (Å²) < 4.78 is 24.5. The standard InChI is InChI=1S/C28H40N4O5Si/c1-18(37-38(7,8)27(3,4)5)16-36-20-11-23(32-25(12-20)28(34-6)9-10-35-17-28)22-14-29-24-15-30-26(13-21(22)24)31-19(2)33/h11-15,18,29H,9-10,16-17H2,1-8H3,(H,30,31,33)/t18-,28+/m1/s1. The molecule has 1 fully saturated rings. The molecule has 4 heterocycles. The van der Waals surface area contributed by atoms with Crippen molar-refractivity contribution >= 4 is 30.9 Å². The van der Waals surface area contributed by atoms with Crippen LogP contribution in [0.1, 0.15) is 46.7 Å². The van der Waals surface area contributed by atoms with Gasteiger partial charge in [0, 0.05) is 56.3 Å². The molecule has 3 aromatic rings. The summed E-state index contributed by atoms with van der Waals surface area (Å²) in [6.07, 6.45) is 4.23. The fourth-order valence-electron chi connectivity index (χ4n) is 4.38. The fraction of sp³-hybridized carbons (Fsp3) is 0.536. The molecule has 1 aliphatic rings. The minimum atomic E-state index is -1.93. The molecule has 10 heteroatoms. The zero-order valence-electron chi connectivity index (χ0n) is 23.7. The highest BCUT2D eigenvalue weighted by atomic mass is 28.4. The number of nitrogens with one attached hydrogen (secondary N) is 2. The van der Waals surface area contributed by atoms with Crippen molar-refractivity contribution in [3.8, 4) is 17.0 Å². The molecule has 0 aromatic carbocycles. The highest BCUT2D eigenvalue weighted by Crippen LogP contribution is 2.39. The SMILES string of the molecule is CO[C@@]1(c2cc(OC[C@@H](C)O[Si](C)(C)C(C)(C)C)cc(-c3c[nH]c4cnc(NC(C)=O)cc34)n2)CCOC1. The molecule has 0 spiro atoms. The molecule has 1 aliphatic heterocycles. The van der Waals surface area contributed by atoms with Crippen LogP contribution in [0.25, 0.3) is 22.2 Å². The van der Waals surface area contributed by atoms with Gasteiger partial charge in [-0.05, 0) is 31.1 Å². The van der Waals surface area contributed by atoms with Crippen LogP contribution in [0.15, 0.2) is 30.6 Å². The monoisotopic (exact) mass is 540 g/mol. The number of aromatic nitrogens is 3. The number of pyridine rings is 2. The van der Waals surface area contributed by atoms with Crippen molar-refractivity contribution < 1.29 is 23.4 Å². The van der Waals surface area contributed by atoms with E-state index in [2.05, 4.69) is 56.1 Å². The maximum Gasteiger partial charge on any atom is 0.222 e. The van der Waals surface area contributed by atoms with Crippen LogP contribution in [0.2, 0.25) is 18.1 Å². The molecule has 1 saturated heterocycles. The molecule has 0 saturated carbocycles. The minimum Gasteiger partial charge on any atom is -0.491 e. The molecule has 9 nitrogen and oxygen atoms in total. The number of methoxy groups -OCH3 is 1. The summed E-state index contributed by atoms with van der Waals surface area (Å²) in [5.41, 5.74) is 2.55. The quantitative estimate of drug-likeness (QED) is 0.339. The van der Waals surface area contributed by atoms with Crippen molar-refractivity contribution in [2.75, 3.05) is 32.2 Å². The van der Waals surface area contributed by atoms with Crippen molar-refractivity contribution in [2.45, 2.75) is 70.9 Å². The first kappa shape index (κ1) is 28.2. The average molecular weight is 541 g/mol. The largest absolute Gasteiger partial charge is 0.491 e. The van der Waals surface area contributed by atoms with E-state index in [0.717, 1.165) is 27.9 Å². The third-order valence-corrected chi connectivity index (χ3v) is 12.2. The smallest absolute Gasteiger partial charge is 0.222 e. The molecular weight excluding hydrogens is 500 g/mol. The van der Waals surface area contributed by atoms with Gasteiger partial charge in [-0.1, -0.05) is 20.8 Å². The third-order valence-electron chi connectivity index (χ3n) is 7.57. The molecule has 0 unspecified atom stereocenters. The van der Waals surface area contributed by atoms with E-state index >= 15 is 0 Å². The average Bonchev–Trinajstić information content (AvgIpc) is 3.49. The molecule has 4 rings (SSSR count). The van der Waals surface area contributed by atoms with Crippen molar-refractivity contribution in [1.29, 1.82) is 0 Å². The highest BCUT2D eigenvalue weighted by Gasteiger charge is 2.40. The zero-order chi connectivity index (χ0) is 27.7. The van der Waals surface area contributed by atoms with Crippen LogP contribution in [0.5, 0.6) is 5.75 Å². The second kappa shape index (κ2) is 10.8. The Morgan fingerprint density at radius 2 is 2.05 bits per heavy atom. The van der Waals surface area contributed by atoms with Crippen molar-refractivity contribution in [1.82, 2.24) is 15.0 Å². The van der Waals surface area contributed by atoms with Gasteiger partial charge in [0.25, 0.3) is 0 Å². The van der Waals surface area contributed by atoms with E-state index in [1.165, 1.54) is 6.92 Å². The summed E-state index contributed by atoms with van der Waals surface area (Å²) >= 11 is 0. The summed E-state index contributed by atoms with van der Waals surface area (Å²) in [7, 11) is -0.237. The third kappa shape index (κ3) is 5.93. The maximum absolute atomic E-state index is 11.6. The molecule has 0 radical (unpaired) electrons. The Kier molecular flexibility index (Phi) is 7.99. The summed E-state index contributed by atoms with van der Waals surface area (Å²) in [6, 6.07) is 5.72. The number of hydrogen-bond donors (Lipinski definition) is 2. The van der Waals surface area contributed by atoms with Gasteiger partial charge in [0.15, 0.2) is 8.32 Å². The second-order valence-electron chi connectivity index (χ2n) is 11.6. The van der Waals surface area contributed by atoms with Gasteiger partial charge < -0.3 is 28.9 Å². The highest BCUT2D eigenvalue weighted by molar-refractivity contribution is 6.74. The Hall–Kier alpha value is -2.79. The van der Waals surface area contributed by atoms with E-state index < -0.39 is 13.9 Å². The first-order valence-electron chi connectivity index (χ1n) is 13.0. The Morgan fingerprint density at radius 1 is 1.29 bits per heavy atom. The van der Waals surface area contributed by atoms with Crippen LogP contribution in [0.3, 0.4) is 0 Å². The lowest BCUT2D eigenvalue weighted by atomic mass is 9.96. The lowest BCUT2D eigenvalue weighted by Crippen LogP contribution is -2.44. The summed E-state index contributed by atoms with van der Waals surface area (Å²) in [4.78, 5) is 24.2. The van der Waals surface area contributed by atoms with Gasteiger partial charge in [0.1, 0.15) is 23.8 Å². The molecule has 0 aliphatic carbocycles. The number of ether oxygens (including phenoxy) is 3. The van der Waals surface area contributed by atoms with Crippen LogP contribution in [0, 0.1) is 0 Å². The topological polar surface area (TPSA) is 108 Å². The van der Waals surface area contributed by atoms with E-state index in [-0.39, 0.29) is 17.0 Å². The molecule has 2 atom stereocenters. The van der Waals surface area contributed by atoms with Crippen molar-refractivity contribution in [3.05, 3.63) is 36.3 Å². The molecule has 0 bridgehead atoms. The van der Waals surface area contributed by atoms with E-state index in [0.29, 0.717) is 37.8 Å². The summed E-state index contributed by atoms with van der Waals surface area (Å²) in [5, 5.41) is 3.76. The van der Waals surface area contributed by atoms with Crippen LogP contribution < -0.4 is 10.1 Å². The van der Waals surface area contributed by atoms with Gasteiger partial charge in [-0.15, -0.1) is 0 Å². The van der Waals surface area contributed by atoms with Crippen LogP contribution >= 0.6 is 0 Å². The van der Waals surface area contributed by atoms with E-state index in [1.54, 1.807) is 13.3 Å². The number of nitrogens with zero attached hydrogens (tertiary/aromatic N) is 2. The molecule has 1 amide bonds. The van der Waals surface area contributed by atoms with E-state index in [9.17, 15) is 4.79 Å². The fourth-order valence-corrected chi connectivity index (χ4v) is 5.81. The first-order valence-corrected chi connectivity index (χ1v) is 16.0. The number of aromatic amines is 1. The number of anilines is 1. The number of amides is 1. The van der Waals surface area contributed by atoms with Gasteiger partial charge in [0.2, 0.25) is 5.91 Å². The summed E-state index contributed by atoms with van der Waals surface area (Å²) in [5.74, 6) is 0.985. The number of rotatable bonds is 9. The Morgan fingerprint density at radius 3 is 2.68 bits per heavy atom. The minimum absolute atomic E-state index is 0.0680. The van der Waals surface area contributed by atoms with Gasteiger partial charge in [-0.3, -0.25) is 4.79 Å². The lowest BCUT2D eigenvalue weighted by molar-refractivity contribution is -0.114. The van der Waals surface area contributed by atoms with Crippen molar-refractivity contribution in [2.24, 2.45) is 0 Å². The van der Waals surface area contributed by atoms with Crippen LogP contribution in [-0.4, -0.2) is 62.2 Å². The van der Waals surface area contributed by atoms with Gasteiger partial charge in [-0.2, -0.15) is 0 Å². The molecule has 2 N–H and O–H groups in total. The van der Waals surface area contributed by atoms with Gasteiger partial charge in [-0.25, -0.2) is 9.97 Å². The number of H-pyrrole nitrogens is 1. The number of carbonyl (C=O) groups excluding carboxylic acids is 1. The van der Waals surface area contributed by atoms with E-state index in [1.807, 2.05) is 24.4 Å². The zero-order valence-corrected chi connectivity index (χ0v) is 24.7. The van der Waals surface area contributed by atoms with E-state index in [4.69, 9.17) is 23.6 Å². The van der Waals surface area contributed by atoms with Crippen molar-refractivity contribution in [3.63, 3.8) is 0 Å². The number of fused-ring (bicyclic) bond motifs is 1. The summed E-state index contributed by atoms with van der Waals surface area (Å²) in [6.45, 7) is 16.1. The molecule has 3 aromatic heterocycles. The van der Waals surface area contributed by atoms with Gasteiger partial charge >= 0.3 is 0 Å². The predicted octanol–water partition coefficient (Wildman–Crippen LogP) is 5.63. The molecular formula is C28H40N4O5Si. The predicted molar refractivity (Wildman–Crippen MR) is 151 cm³/mol. The van der Waals surface area contributed by atoms with Crippen LogP contribution in [0.4, 0.5) is 5.82 Å². The molecule has 38 heavy (non-hydrogen) atoms. The number of hydrogen-bond acceptors (Lipinski definition) is 7. The van der Waals surface area contributed by atoms with Gasteiger partial charge in [0.05, 0.1) is 35.8 Å². The maximum atomic E-state index is 11.6. The number of carbonyl (C=O) groups is 1. The lowest BCUT2D eigenvalue weighted by Gasteiger charge is -2.38. The Labute approximate surface area is 225 Å². The first-order chi connectivity index (χ1) is 17.8. The Balaban J connectivity index is 1.70. The normalized spacial score (nSPS) is 19.1.